The number of hydrogen-bond acceptors (Lipinski definition) is 2. The van der Waals surface area contributed by atoms with Gasteiger partial charge in [0.25, 0.3) is 0 Å². The van der Waals surface area contributed by atoms with E-state index in [1.165, 1.54) is 6.20 Å². The minimum absolute atomic E-state index is 0. The van der Waals surface area contributed by atoms with E-state index < -0.39 is 0 Å². The summed E-state index contributed by atoms with van der Waals surface area (Å²) in [5.41, 5.74) is 6.22. The van der Waals surface area contributed by atoms with Crippen LogP contribution < -0.4 is 5.73 Å². The average Bonchev–Trinajstić information content (AvgIpc) is 1.94. The molecule has 2 nitrogen and oxygen atoms in total. The minimum atomic E-state index is 0. The van der Waals surface area contributed by atoms with Gasteiger partial charge in [-0.3, -0.25) is 0 Å². The second-order valence-electron chi connectivity index (χ2n) is 1.83. The number of nitrogens with two attached hydrogens (primary N) is 1. The molecule has 1 heterocycles. The number of anilines is 1. The van der Waals surface area contributed by atoms with Crippen molar-refractivity contribution in [2.75, 3.05) is 5.73 Å². The van der Waals surface area contributed by atoms with Gasteiger partial charge in [0.05, 0.1) is 10.9 Å². The predicted octanol–water partition coefficient (Wildman–Crippen LogP) is 2.48. The highest BCUT2D eigenvalue weighted by molar-refractivity contribution is 6.30. The predicted molar refractivity (Wildman–Crippen MR) is 50.5 cm³/mol. The number of rotatable bonds is 1. The second-order valence-corrected chi connectivity index (χ2v) is 2.54. The molecule has 1 aromatic heterocycles. The molecule has 2 N–H and O–H groups in total. The molecule has 0 radical (unpaired) electrons. The van der Waals surface area contributed by atoms with Crippen LogP contribution >= 0.6 is 35.6 Å². The number of nitrogens with zero attached hydrogens (tertiary/aromatic N) is 1. The Morgan fingerprint density at radius 3 is 2.64 bits per heavy atom. The molecule has 0 aliphatic rings. The standard InChI is InChI=1S/C6H6Cl2N2.ClH/c7-2-4-1-5(8)3-10-6(4)9;/h1,3H,2H2,(H2,9,10);1H. The highest BCUT2D eigenvalue weighted by Crippen LogP contribution is 2.15. The van der Waals surface area contributed by atoms with Gasteiger partial charge >= 0.3 is 0 Å². The molecule has 0 atom stereocenters. The lowest BCUT2D eigenvalue weighted by molar-refractivity contribution is 1.26. The van der Waals surface area contributed by atoms with E-state index in [1.54, 1.807) is 6.07 Å². The molecule has 0 fully saturated rings. The fourth-order valence-electron chi connectivity index (χ4n) is 0.599. The van der Waals surface area contributed by atoms with Crippen LogP contribution in [0, 0.1) is 0 Å². The Bertz CT molecular complexity index is 239. The van der Waals surface area contributed by atoms with E-state index in [1.807, 2.05) is 0 Å². The highest BCUT2D eigenvalue weighted by atomic mass is 35.5. The largest absolute Gasteiger partial charge is 0.383 e. The maximum absolute atomic E-state index is 5.62. The molecule has 1 rings (SSSR count). The molecule has 0 amide bonds. The molecule has 0 unspecified atom stereocenters. The molecule has 1 aromatic rings. The van der Waals surface area contributed by atoms with Gasteiger partial charge in [-0.25, -0.2) is 4.98 Å². The van der Waals surface area contributed by atoms with E-state index >= 15 is 0 Å². The molecule has 62 valence electrons. The molecular formula is C6H7Cl3N2. The summed E-state index contributed by atoms with van der Waals surface area (Å²) in [4.78, 5) is 3.81. The van der Waals surface area contributed by atoms with Crippen LogP contribution in [-0.4, -0.2) is 4.98 Å². The lowest BCUT2D eigenvalue weighted by Crippen LogP contribution is -1.94. The van der Waals surface area contributed by atoms with Crippen molar-refractivity contribution in [3.63, 3.8) is 0 Å². The van der Waals surface area contributed by atoms with Crippen molar-refractivity contribution in [3.05, 3.63) is 22.8 Å². The summed E-state index contributed by atoms with van der Waals surface area (Å²) in [6, 6.07) is 1.71. The van der Waals surface area contributed by atoms with Gasteiger partial charge in [-0.2, -0.15) is 0 Å². The second kappa shape index (κ2) is 4.65. The maximum Gasteiger partial charge on any atom is 0.127 e. The molecule has 0 saturated heterocycles. The number of halogens is 3. The Morgan fingerprint density at radius 1 is 1.55 bits per heavy atom. The van der Waals surface area contributed by atoms with E-state index in [9.17, 15) is 0 Å². The zero-order valence-corrected chi connectivity index (χ0v) is 7.88. The Labute approximate surface area is 81.1 Å². The number of hydrogen-bond donors (Lipinski definition) is 1. The molecule has 0 aliphatic heterocycles. The smallest absolute Gasteiger partial charge is 0.127 e. The number of aromatic nitrogens is 1. The van der Waals surface area contributed by atoms with E-state index in [2.05, 4.69) is 4.98 Å². The van der Waals surface area contributed by atoms with Crippen molar-refractivity contribution in [1.82, 2.24) is 4.98 Å². The van der Waals surface area contributed by atoms with Gasteiger partial charge in [0.15, 0.2) is 0 Å². The average molecular weight is 213 g/mol. The summed E-state index contributed by atoms with van der Waals surface area (Å²) >= 11 is 11.1. The molecule has 5 heteroatoms. The first-order valence-electron chi connectivity index (χ1n) is 2.70. The first kappa shape index (κ1) is 10.8. The summed E-state index contributed by atoms with van der Waals surface area (Å²) in [6.07, 6.45) is 1.49. The van der Waals surface area contributed by atoms with Crippen molar-refractivity contribution in [2.45, 2.75) is 5.88 Å². The van der Waals surface area contributed by atoms with Crippen LogP contribution in [0.15, 0.2) is 12.3 Å². The molecular weight excluding hydrogens is 206 g/mol. The van der Waals surface area contributed by atoms with Crippen LogP contribution in [0.3, 0.4) is 0 Å². The summed E-state index contributed by atoms with van der Waals surface area (Å²) in [5, 5.41) is 0.560. The molecule has 0 aliphatic carbocycles. The molecule has 0 aromatic carbocycles. The van der Waals surface area contributed by atoms with Crippen molar-refractivity contribution in [2.24, 2.45) is 0 Å². The van der Waals surface area contributed by atoms with Gasteiger partial charge in [-0.05, 0) is 6.07 Å². The third kappa shape index (κ3) is 2.73. The van der Waals surface area contributed by atoms with Gasteiger partial charge in [0, 0.05) is 11.8 Å². The normalized spacial score (nSPS) is 8.91. The molecule has 0 spiro atoms. The van der Waals surface area contributed by atoms with Crippen molar-refractivity contribution in [1.29, 1.82) is 0 Å². The zero-order chi connectivity index (χ0) is 7.56. The highest BCUT2D eigenvalue weighted by Gasteiger charge is 1.98. The SMILES string of the molecule is Cl.Nc1ncc(Cl)cc1CCl. The third-order valence-corrected chi connectivity index (χ3v) is 1.61. The van der Waals surface area contributed by atoms with Gasteiger partial charge in [0.2, 0.25) is 0 Å². The van der Waals surface area contributed by atoms with Crippen molar-refractivity contribution in [3.8, 4) is 0 Å². The third-order valence-electron chi connectivity index (χ3n) is 1.11. The van der Waals surface area contributed by atoms with Crippen LogP contribution in [0.5, 0.6) is 0 Å². The van der Waals surface area contributed by atoms with Crippen LogP contribution in [0.25, 0.3) is 0 Å². The van der Waals surface area contributed by atoms with E-state index in [4.69, 9.17) is 28.9 Å². The first-order chi connectivity index (χ1) is 4.74. The quantitative estimate of drug-likeness (QED) is 0.728. The summed E-state index contributed by atoms with van der Waals surface area (Å²) < 4.78 is 0. The zero-order valence-electron chi connectivity index (χ0n) is 5.55. The Kier molecular flexibility index (Phi) is 4.57. The van der Waals surface area contributed by atoms with Gasteiger partial charge in [-0.1, -0.05) is 11.6 Å². The van der Waals surface area contributed by atoms with Crippen LogP contribution in [0.2, 0.25) is 5.02 Å². The lowest BCUT2D eigenvalue weighted by atomic mass is 10.3. The fourth-order valence-corrected chi connectivity index (χ4v) is 0.993. The van der Waals surface area contributed by atoms with E-state index in [0.717, 1.165) is 5.56 Å². The summed E-state index contributed by atoms with van der Waals surface area (Å²) in [6.45, 7) is 0. The van der Waals surface area contributed by atoms with Crippen LogP contribution in [0.1, 0.15) is 5.56 Å². The number of nitrogen functional groups attached to an aromatic ring is 1. The Balaban J connectivity index is 0.000001000. The molecule has 11 heavy (non-hydrogen) atoms. The number of pyridine rings is 1. The van der Waals surface area contributed by atoms with Crippen LogP contribution in [-0.2, 0) is 5.88 Å². The number of alkyl halides is 1. The summed E-state index contributed by atoms with van der Waals surface area (Å²) in [7, 11) is 0. The fraction of sp³-hybridized carbons (Fsp3) is 0.167. The van der Waals surface area contributed by atoms with Gasteiger partial charge in [0.1, 0.15) is 5.82 Å². The first-order valence-corrected chi connectivity index (χ1v) is 3.61. The monoisotopic (exact) mass is 212 g/mol. The maximum atomic E-state index is 5.62. The lowest BCUT2D eigenvalue weighted by Gasteiger charge is -1.98. The Morgan fingerprint density at radius 2 is 2.18 bits per heavy atom. The van der Waals surface area contributed by atoms with Crippen LogP contribution in [0.4, 0.5) is 5.82 Å². The van der Waals surface area contributed by atoms with Gasteiger partial charge in [-0.15, -0.1) is 24.0 Å². The van der Waals surface area contributed by atoms with E-state index in [0.29, 0.717) is 16.7 Å². The topological polar surface area (TPSA) is 38.9 Å². The van der Waals surface area contributed by atoms with Gasteiger partial charge < -0.3 is 5.73 Å². The minimum Gasteiger partial charge on any atom is -0.383 e. The van der Waals surface area contributed by atoms with E-state index in [-0.39, 0.29) is 12.4 Å². The molecule has 0 saturated carbocycles. The summed E-state index contributed by atoms with van der Waals surface area (Å²) in [5.74, 6) is 0.791. The molecule has 0 bridgehead atoms. The van der Waals surface area contributed by atoms with Crippen molar-refractivity contribution < 1.29 is 0 Å². The van der Waals surface area contributed by atoms with Crippen molar-refractivity contribution >= 4 is 41.4 Å². The Hall–Kier alpha value is -0.180.